The van der Waals surface area contributed by atoms with Gasteiger partial charge in [0.1, 0.15) is 11.4 Å². The van der Waals surface area contributed by atoms with Gasteiger partial charge >= 0.3 is 12.1 Å². The van der Waals surface area contributed by atoms with E-state index in [1.165, 1.54) is 6.07 Å². The lowest BCUT2D eigenvalue weighted by Crippen LogP contribution is -2.52. The van der Waals surface area contributed by atoms with Crippen LogP contribution in [0.5, 0.6) is 0 Å². The van der Waals surface area contributed by atoms with Gasteiger partial charge in [0.05, 0.1) is 18.8 Å². The highest BCUT2D eigenvalue weighted by molar-refractivity contribution is 5.86. The molecule has 8 heteroatoms. The van der Waals surface area contributed by atoms with Crippen LogP contribution in [-0.2, 0) is 22.5 Å². The van der Waals surface area contributed by atoms with Crippen molar-refractivity contribution in [2.75, 3.05) is 18.5 Å². The van der Waals surface area contributed by atoms with Crippen molar-refractivity contribution < 1.29 is 24.2 Å². The third-order valence-electron chi connectivity index (χ3n) is 4.59. The Kier molecular flexibility index (Phi) is 9.22. The van der Waals surface area contributed by atoms with Gasteiger partial charge in [-0.25, -0.2) is 14.6 Å². The first kappa shape index (κ1) is 26.1. The molecule has 3 N–H and O–H groups in total. The maximum atomic E-state index is 12.5. The van der Waals surface area contributed by atoms with Crippen molar-refractivity contribution in [1.82, 2.24) is 10.3 Å². The lowest BCUT2D eigenvalue weighted by molar-refractivity contribution is 0.0286. The summed E-state index contributed by atoms with van der Waals surface area (Å²) in [5.74, 6) is -0.605. The monoisotopic (exact) mass is 457 g/mol. The van der Waals surface area contributed by atoms with E-state index in [9.17, 15) is 14.7 Å². The molecule has 0 aliphatic rings. The number of carboxylic acids is 1. The maximum absolute atomic E-state index is 12.5. The Labute approximate surface area is 195 Å². The molecule has 8 nitrogen and oxygen atoms in total. The van der Waals surface area contributed by atoms with Crippen LogP contribution in [0.25, 0.3) is 0 Å². The van der Waals surface area contributed by atoms with Crippen LogP contribution in [0.2, 0.25) is 0 Å². The summed E-state index contributed by atoms with van der Waals surface area (Å²) >= 11 is 0. The minimum Gasteiger partial charge on any atom is -0.477 e. The normalized spacial score (nSPS) is 13.1. The number of ether oxygens (including phenoxy) is 2. The molecule has 1 amide bonds. The number of anilines is 1. The largest absolute Gasteiger partial charge is 0.477 e. The second kappa shape index (κ2) is 11.7. The SMILES string of the molecule is CCCNc1cc(COCC(C)(Cc2ccccc2)NC(=O)OC(C)(C)C)cc(C(=O)O)n1. The van der Waals surface area contributed by atoms with Crippen LogP contribution >= 0.6 is 0 Å². The van der Waals surface area contributed by atoms with Crippen molar-refractivity contribution in [3.63, 3.8) is 0 Å². The number of carbonyl (C=O) groups is 2. The van der Waals surface area contributed by atoms with E-state index in [1.807, 2.05) is 65.0 Å². The van der Waals surface area contributed by atoms with Crippen molar-refractivity contribution in [3.8, 4) is 0 Å². The molecule has 180 valence electrons. The van der Waals surface area contributed by atoms with Crippen molar-refractivity contribution in [2.45, 2.75) is 65.2 Å². The highest BCUT2D eigenvalue weighted by atomic mass is 16.6. The van der Waals surface area contributed by atoms with Crippen LogP contribution in [0.15, 0.2) is 42.5 Å². The summed E-state index contributed by atoms with van der Waals surface area (Å²) in [4.78, 5) is 28.1. The average molecular weight is 458 g/mol. The molecule has 0 saturated carbocycles. The molecule has 0 bridgehead atoms. The van der Waals surface area contributed by atoms with Gasteiger partial charge in [0, 0.05) is 6.54 Å². The molecule has 2 rings (SSSR count). The highest BCUT2D eigenvalue weighted by Gasteiger charge is 2.30. The molecule has 1 unspecified atom stereocenters. The molecule has 0 saturated heterocycles. The van der Waals surface area contributed by atoms with Gasteiger partial charge in [-0.3, -0.25) is 0 Å². The third kappa shape index (κ3) is 9.49. The minimum absolute atomic E-state index is 0.0476. The number of amides is 1. The summed E-state index contributed by atoms with van der Waals surface area (Å²) in [7, 11) is 0. The van der Waals surface area contributed by atoms with Crippen LogP contribution in [-0.4, -0.2) is 46.4 Å². The molecular formula is C25H35N3O5. The number of benzene rings is 1. The van der Waals surface area contributed by atoms with Crippen molar-refractivity contribution in [1.29, 1.82) is 0 Å². The zero-order chi connectivity index (χ0) is 24.5. The van der Waals surface area contributed by atoms with E-state index < -0.39 is 23.2 Å². The smallest absolute Gasteiger partial charge is 0.408 e. The fraction of sp³-hybridized carbons (Fsp3) is 0.480. The maximum Gasteiger partial charge on any atom is 0.408 e. The number of nitrogens with one attached hydrogen (secondary N) is 2. The number of aromatic carboxylic acids is 1. The van der Waals surface area contributed by atoms with Gasteiger partial charge in [0.15, 0.2) is 5.69 Å². The van der Waals surface area contributed by atoms with Crippen LogP contribution in [0.3, 0.4) is 0 Å². The number of aromatic nitrogens is 1. The third-order valence-corrected chi connectivity index (χ3v) is 4.59. The molecule has 33 heavy (non-hydrogen) atoms. The van der Waals surface area contributed by atoms with Crippen LogP contribution in [0.1, 0.15) is 62.7 Å². The number of rotatable bonds is 11. The molecule has 0 aliphatic carbocycles. The molecule has 1 aromatic carbocycles. The molecule has 1 atom stereocenters. The molecular weight excluding hydrogens is 422 g/mol. The molecule has 2 aromatic rings. The number of carbonyl (C=O) groups excluding carboxylic acids is 1. The standard InChI is InChI=1S/C25H35N3O5/c1-6-12-26-21-14-19(13-20(27-21)22(29)30)16-32-17-25(5,15-18-10-8-7-9-11-18)28-23(31)33-24(2,3)4/h7-11,13-14H,6,12,15-17H2,1-5H3,(H,26,27)(H,28,31)(H,29,30). The predicted molar refractivity (Wildman–Crippen MR) is 128 cm³/mol. The quantitative estimate of drug-likeness (QED) is 0.451. The average Bonchev–Trinajstić information content (AvgIpc) is 2.71. The number of hydrogen-bond acceptors (Lipinski definition) is 6. The Morgan fingerprint density at radius 1 is 1.06 bits per heavy atom. The zero-order valence-electron chi connectivity index (χ0n) is 20.1. The Morgan fingerprint density at radius 2 is 1.76 bits per heavy atom. The van der Waals surface area contributed by atoms with Gasteiger partial charge in [-0.05, 0) is 63.8 Å². The molecule has 0 spiro atoms. The first-order valence-electron chi connectivity index (χ1n) is 11.1. The fourth-order valence-corrected chi connectivity index (χ4v) is 3.25. The Hall–Kier alpha value is -3.13. The van der Waals surface area contributed by atoms with Crippen LogP contribution in [0.4, 0.5) is 10.6 Å². The Bertz CT molecular complexity index is 927. The second-order valence-corrected chi connectivity index (χ2v) is 9.32. The number of hydrogen-bond donors (Lipinski definition) is 3. The van der Waals surface area contributed by atoms with E-state index in [1.54, 1.807) is 6.07 Å². The van der Waals surface area contributed by atoms with Crippen LogP contribution < -0.4 is 10.6 Å². The second-order valence-electron chi connectivity index (χ2n) is 9.32. The molecule has 0 fully saturated rings. The van der Waals surface area contributed by atoms with E-state index in [-0.39, 0.29) is 18.9 Å². The number of nitrogens with zero attached hydrogens (tertiary/aromatic N) is 1. The molecule has 1 heterocycles. The van der Waals surface area contributed by atoms with Gasteiger partial charge in [-0.15, -0.1) is 0 Å². The summed E-state index contributed by atoms with van der Waals surface area (Å²) in [5, 5.41) is 15.4. The first-order valence-corrected chi connectivity index (χ1v) is 11.1. The molecule has 0 aliphatic heterocycles. The first-order chi connectivity index (χ1) is 15.5. The topological polar surface area (TPSA) is 110 Å². The summed E-state index contributed by atoms with van der Waals surface area (Å²) in [6, 6.07) is 13.1. The van der Waals surface area contributed by atoms with Crippen molar-refractivity contribution in [2.24, 2.45) is 0 Å². The summed E-state index contributed by atoms with van der Waals surface area (Å²) in [6.45, 7) is 10.4. The number of alkyl carbamates (subject to hydrolysis) is 1. The minimum atomic E-state index is -1.10. The van der Waals surface area contributed by atoms with E-state index >= 15 is 0 Å². The fourth-order valence-electron chi connectivity index (χ4n) is 3.25. The van der Waals surface area contributed by atoms with Gasteiger partial charge in [0.2, 0.25) is 0 Å². The predicted octanol–water partition coefficient (Wildman–Crippen LogP) is 4.64. The lowest BCUT2D eigenvalue weighted by Gasteiger charge is -2.32. The zero-order valence-corrected chi connectivity index (χ0v) is 20.1. The van der Waals surface area contributed by atoms with E-state index in [4.69, 9.17) is 9.47 Å². The summed E-state index contributed by atoms with van der Waals surface area (Å²) in [5.41, 5.74) is 0.317. The van der Waals surface area contributed by atoms with Crippen molar-refractivity contribution in [3.05, 3.63) is 59.3 Å². The number of carboxylic acid groups (broad SMARTS) is 1. The number of pyridine rings is 1. The van der Waals surface area contributed by atoms with E-state index in [0.717, 1.165) is 12.0 Å². The molecule has 1 aromatic heterocycles. The van der Waals surface area contributed by atoms with E-state index in [2.05, 4.69) is 15.6 Å². The van der Waals surface area contributed by atoms with E-state index in [0.29, 0.717) is 24.3 Å². The highest BCUT2D eigenvalue weighted by Crippen LogP contribution is 2.18. The van der Waals surface area contributed by atoms with Gasteiger partial charge in [-0.1, -0.05) is 37.3 Å². The lowest BCUT2D eigenvalue weighted by atomic mass is 9.93. The Morgan fingerprint density at radius 3 is 2.36 bits per heavy atom. The van der Waals surface area contributed by atoms with Gasteiger partial charge in [0.25, 0.3) is 0 Å². The van der Waals surface area contributed by atoms with Gasteiger partial charge in [-0.2, -0.15) is 0 Å². The summed E-state index contributed by atoms with van der Waals surface area (Å²) in [6.07, 6.45) is 0.902. The van der Waals surface area contributed by atoms with Gasteiger partial charge < -0.3 is 25.2 Å². The molecule has 0 radical (unpaired) electrons. The van der Waals surface area contributed by atoms with Crippen LogP contribution in [0, 0.1) is 0 Å². The summed E-state index contributed by atoms with van der Waals surface area (Å²) < 4.78 is 11.4. The van der Waals surface area contributed by atoms with Crippen molar-refractivity contribution >= 4 is 17.9 Å². The Balaban J connectivity index is 2.13.